The molecule has 0 radical (unpaired) electrons. The predicted molar refractivity (Wildman–Crippen MR) is 106 cm³/mol. The van der Waals surface area contributed by atoms with Crippen LogP contribution in [0.3, 0.4) is 0 Å². The van der Waals surface area contributed by atoms with Gasteiger partial charge in [-0.2, -0.15) is 0 Å². The molecule has 1 aromatic carbocycles. The molecule has 1 saturated heterocycles. The fourth-order valence-corrected chi connectivity index (χ4v) is 3.73. The zero-order valence-corrected chi connectivity index (χ0v) is 20.0. The van der Waals surface area contributed by atoms with Crippen LogP contribution in [0.2, 0.25) is 0 Å². The van der Waals surface area contributed by atoms with E-state index in [0.717, 1.165) is 56.9 Å². The van der Waals surface area contributed by atoms with Gasteiger partial charge in [0.2, 0.25) is 0 Å². The number of rotatable bonds is 4. The topological polar surface area (TPSA) is 30.0 Å². The monoisotopic (exact) mass is 370 g/mol. The van der Waals surface area contributed by atoms with E-state index in [0.29, 0.717) is 17.8 Å². The molecule has 2 rings (SSSR count). The van der Waals surface area contributed by atoms with Gasteiger partial charge in [-0.05, 0) is 47.1 Å². The number of hydrogen-bond acceptors (Lipinski definition) is 4. The van der Waals surface area contributed by atoms with Crippen LogP contribution in [0, 0.1) is 13.8 Å². The Morgan fingerprint density at radius 3 is 1.77 bits per heavy atom. The molecule has 1 aliphatic heterocycles. The third kappa shape index (κ3) is 6.81. The maximum absolute atomic E-state index is 10.5. The minimum Gasteiger partial charge on any atom is -0.507 e. The van der Waals surface area contributed by atoms with Crippen molar-refractivity contribution < 1.29 is 34.7 Å². The third-order valence-corrected chi connectivity index (χ3v) is 5.46. The first-order chi connectivity index (χ1) is 11.8. The van der Waals surface area contributed by atoms with Crippen LogP contribution in [-0.4, -0.2) is 71.2 Å². The van der Waals surface area contributed by atoms with Gasteiger partial charge in [0.05, 0.1) is 0 Å². The summed E-state index contributed by atoms with van der Waals surface area (Å²) < 4.78 is 0. The number of benzene rings is 1. The van der Waals surface area contributed by atoms with Crippen LogP contribution in [0.1, 0.15) is 44.4 Å². The molecular weight excluding hydrogens is 333 g/mol. The first-order valence-electron chi connectivity index (χ1n) is 9.77. The van der Waals surface area contributed by atoms with Crippen LogP contribution in [-0.2, 0) is 6.54 Å². The van der Waals surface area contributed by atoms with Crippen molar-refractivity contribution in [3.05, 3.63) is 28.8 Å². The average Bonchev–Trinajstić information content (AvgIpc) is 2.62. The first-order valence-corrected chi connectivity index (χ1v) is 9.77. The number of aryl methyl sites for hydroxylation is 2. The summed E-state index contributed by atoms with van der Waals surface area (Å²) in [7, 11) is 0. The maximum Gasteiger partial charge on any atom is 1.00 e. The Morgan fingerprint density at radius 2 is 1.31 bits per heavy atom. The Kier molecular flexibility index (Phi) is 10.2. The molecule has 4 nitrogen and oxygen atoms in total. The summed E-state index contributed by atoms with van der Waals surface area (Å²) in [6, 6.07) is 5.33. The largest absolute Gasteiger partial charge is 1.00 e. The predicted octanol–water partition coefficient (Wildman–Crippen LogP) is 0.249. The summed E-state index contributed by atoms with van der Waals surface area (Å²) >= 11 is 0. The molecule has 26 heavy (non-hydrogen) atoms. The quantitative estimate of drug-likeness (QED) is 0.770. The van der Waals surface area contributed by atoms with Crippen molar-refractivity contribution in [1.29, 1.82) is 0 Å². The van der Waals surface area contributed by atoms with Crippen LogP contribution in [0.4, 0.5) is 0 Å². The van der Waals surface area contributed by atoms with E-state index in [9.17, 15) is 5.11 Å². The second kappa shape index (κ2) is 11.0. The molecule has 0 spiro atoms. The maximum atomic E-state index is 10.5. The van der Waals surface area contributed by atoms with Crippen LogP contribution in [0.15, 0.2) is 12.1 Å². The van der Waals surface area contributed by atoms with E-state index in [1.54, 1.807) is 0 Å². The molecule has 1 aromatic rings. The van der Waals surface area contributed by atoms with Gasteiger partial charge < -0.3 is 5.11 Å². The van der Waals surface area contributed by atoms with Gasteiger partial charge >= 0.3 is 29.6 Å². The summed E-state index contributed by atoms with van der Waals surface area (Å²) in [6.45, 7) is 20.6. The van der Waals surface area contributed by atoms with Crippen molar-refractivity contribution in [2.75, 3.05) is 39.3 Å². The molecule has 1 heterocycles. The summed E-state index contributed by atoms with van der Waals surface area (Å²) in [5.74, 6) is 0.465. The third-order valence-electron chi connectivity index (χ3n) is 5.46. The van der Waals surface area contributed by atoms with Gasteiger partial charge in [0.1, 0.15) is 5.75 Å². The summed E-state index contributed by atoms with van der Waals surface area (Å²) in [4.78, 5) is 7.66. The molecule has 5 heteroatoms. The van der Waals surface area contributed by atoms with Crippen molar-refractivity contribution >= 4 is 0 Å². The Hall–Kier alpha value is -0.100. The summed E-state index contributed by atoms with van der Waals surface area (Å²) in [5, 5.41) is 10.5. The van der Waals surface area contributed by atoms with Gasteiger partial charge in [0, 0.05) is 63.5 Å². The molecule has 0 atom stereocenters. The molecule has 1 fully saturated rings. The van der Waals surface area contributed by atoms with Crippen LogP contribution >= 0.6 is 0 Å². The molecule has 0 unspecified atom stereocenters. The van der Waals surface area contributed by atoms with Crippen LogP contribution < -0.4 is 29.6 Å². The first kappa shape index (κ1) is 23.9. The Labute approximate surface area is 182 Å². The Bertz CT molecular complexity index is 542. The average molecular weight is 371 g/mol. The van der Waals surface area contributed by atoms with Crippen molar-refractivity contribution in [3.8, 4) is 5.75 Å². The fourth-order valence-electron chi connectivity index (χ4n) is 3.73. The zero-order chi connectivity index (χ0) is 18.6. The van der Waals surface area contributed by atoms with E-state index in [-0.39, 0.29) is 29.6 Å². The Balaban J connectivity index is 0.00000338. The minimum absolute atomic E-state index is 0. The second-order valence-electron chi connectivity index (χ2n) is 8.13. The van der Waals surface area contributed by atoms with Crippen molar-refractivity contribution in [2.45, 2.75) is 60.2 Å². The zero-order valence-electron chi connectivity index (χ0n) is 18.0. The minimum atomic E-state index is 0. The van der Waals surface area contributed by atoms with Crippen LogP contribution in [0.5, 0.6) is 5.75 Å². The summed E-state index contributed by atoms with van der Waals surface area (Å²) in [5.41, 5.74) is 3.26. The standard InChI is InChI=1S/C21H37N3O.Na/c1-16(2)23-9-7-22(8-10-24(12-11-23)17(3)4)15-20-14-18(5)13-19(6)21(20)25;/h13-14,16-17,25H,7-12,15H2,1-6H3;/q;+1. The molecule has 0 bridgehead atoms. The van der Waals surface area contributed by atoms with Gasteiger partial charge in [-0.3, -0.25) is 14.7 Å². The number of phenols is 1. The van der Waals surface area contributed by atoms with Gasteiger partial charge in [-0.15, -0.1) is 0 Å². The molecule has 0 aromatic heterocycles. The van der Waals surface area contributed by atoms with Crippen molar-refractivity contribution in [3.63, 3.8) is 0 Å². The Morgan fingerprint density at radius 1 is 0.846 bits per heavy atom. The van der Waals surface area contributed by atoms with Gasteiger partial charge in [-0.1, -0.05) is 17.7 Å². The van der Waals surface area contributed by atoms with Gasteiger partial charge in [0.25, 0.3) is 0 Å². The normalized spacial score (nSPS) is 18.5. The molecule has 0 aliphatic carbocycles. The SMILES string of the molecule is Cc1cc(C)c(O)c(CN2CCN(C(C)C)CCN(C(C)C)CC2)c1.[Na+]. The molecule has 0 saturated carbocycles. The number of nitrogens with zero attached hydrogens (tertiary/aromatic N) is 3. The second-order valence-corrected chi connectivity index (χ2v) is 8.13. The molecule has 1 N–H and O–H groups in total. The molecule has 1 aliphatic rings. The number of phenolic OH excluding ortho intramolecular Hbond substituents is 1. The summed E-state index contributed by atoms with van der Waals surface area (Å²) in [6.07, 6.45) is 0. The van der Waals surface area contributed by atoms with E-state index in [1.807, 2.05) is 6.92 Å². The molecule has 142 valence electrons. The van der Waals surface area contributed by atoms with E-state index >= 15 is 0 Å². The van der Waals surface area contributed by atoms with E-state index in [1.165, 1.54) is 5.56 Å². The van der Waals surface area contributed by atoms with E-state index < -0.39 is 0 Å². The number of aromatic hydroxyl groups is 1. The molecule has 0 amide bonds. The van der Waals surface area contributed by atoms with E-state index in [2.05, 4.69) is 61.5 Å². The van der Waals surface area contributed by atoms with Crippen molar-refractivity contribution in [1.82, 2.24) is 14.7 Å². The van der Waals surface area contributed by atoms with Gasteiger partial charge in [-0.25, -0.2) is 0 Å². The molecular formula is C21H37N3NaO+. The number of hydrogen-bond donors (Lipinski definition) is 1. The van der Waals surface area contributed by atoms with Crippen LogP contribution in [0.25, 0.3) is 0 Å². The fraction of sp³-hybridized carbons (Fsp3) is 0.714. The smallest absolute Gasteiger partial charge is 0.507 e. The van der Waals surface area contributed by atoms with E-state index in [4.69, 9.17) is 0 Å². The van der Waals surface area contributed by atoms with Crippen molar-refractivity contribution in [2.24, 2.45) is 0 Å². The van der Waals surface area contributed by atoms with Gasteiger partial charge in [0.15, 0.2) is 0 Å².